The molecule has 0 aliphatic carbocycles. The number of alkyl carbamates (subject to hydrolysis) is 1. The molecule has 0 fully saturated rings. The number of amides is 2. The summed E-state index contributed by atoms with van der Waals surface area (Å²) >= 11 is 0. The third-order valence-corrected chi connectivity index (χ3v) is 5.46. The van der Waals surface area contributed by atoms with Gasteiger partial charge in [-0.3, -0.25) is 9.78 Å². The highest BCUT2D eigenvalue weighted by Gasteiger charge is 2.16. The molecule has 6 nitrogen and oxygen atoms in total. The summed E-state index contributed by atoms with van der Waals surface area (Å²) in [5, 5.41) is 5.40. The monoisotopic (exact) mass is 487 g/mol. The second-order valence-corrected chi connectivity index (χ2v) is 7.91. The van der Waals surface area contributed by atoms with Crippen LogP contribution in [0.25, 0.3) is 11.1 Å². The minimum absolute atomic E-state index is 0.108. The zero-order valence-corrected chi connectivity index (χ0v) is 19.2. The summed E-state index contributed by atoms with van der Waals surface area (Å²) in [7, 11) is 0. The molecule has 1 aromatic heterocycles. The largest absolute Gasteiger partial charge is 0.445 e. The quantitative estimate of drug-likeness (QED) is 0.350. The topological polar surface area (TPSA) is 80.3 Å². The number of carbonyl (C=O) groups is 2. The number of halogens is 2. The molecule has 36 heavy (non-hydrogen) atoms. The molecular formula is C28H23F2N3O3. The van der Waals surface area contributed by atoms with Gasteiger partial charge in [0, 0.05) is 42.7 Å². The van der Waals surface area contributed by atoms with Crippen LogP contribution in [0.2, 0.25) is 0 Å². The Morgan fingerprint density at radius 3 is 2.36 bits per heavy atom. The molecule has 0 bridgehead atoms. The Bertz CT molecular complexity index is 1360. The normalized spacial score (nSPS) is 10.5. The highest BCUT2D eigenvalue weighted by molar-refractivity contribution is 6.01. The lowest BCUT2D eigenvalue weighted by atomic mass is 9.96. The summed E-state index contributed by atoms with van der Waals surface area (Å²) in [5.41, 5.74) is 3.36. The highest BCUT2D eigenvalue weighted by Crippen LogP contribution is 2.27. The van der Waals surface area contributed by atoms with Crippen molar-refractivity contribution < 1.29 is 23.1 Å². The van der Waals surface area contributed by atoms with E-state index < -0.39 is 23.6 Å². The van der Waals surface area contributed by atoms with E-state index >= 15 is 0 Å². The van der Waals surface area contributed by atoms with Crippen LogP contribution in [-0.4, -0.2) is 17.0 Å². The number of pyridine rings is 1. The summed E-state index contributed by atoms with van der Waals surface area (Å²) in [6.45, 7) is 0.208. The predicted molar refractivity (Wildman–Crippen MR) is 131 cm³/mol. The average molecular weight is 488 g/mol. The molecule has 4 rings (SSSR count). The molecule has 0 saturated heterocycles. The maximum Gasteiger partial charge on any atom is 0.407 e. The molecule has 0 atom stereocenters. The number of ether oxygens (including phenoxy) is 1. The lowest BCUT2D eigenvalue weighted by Gasteiger charge is -2.14. The van der Waals surface area contributed by atoms with Crippen molar-refractivity contribution in [2.45, 2.75) is 19.7 Å². The lowest BCUT2D eigenvalue weighted by molar-refractivity contribution is 0.0951. The molecule has 0 saturated carbocycles. The van der Waals surface area contributed by atoms with Crippen molar-refractivity contribution in [1.82, 2.24) is 15.6 Å². The Hall–Kier alpha value is -4.59. The van der Waals surface area contributed by atoms with Gasteiger partial charge in [-0.05, 0) is 28.8 Å². The van der Waals surface area contributed by atoms with E-state index in [1.807, 2.05) is 54.6 Å². The van der Waals surface area contributed by atoms with Gasteiger partial charge in [0.1, 0.15) is 18.2 Å². The Kier molecular flexibility index (Phi) is 7.97. The second-order valence-electron chi connectivity index (χ2n) is 7.91. The van der Waals surface area contributed by atoms with Crippen molar-refractivity contribution in [1.29, 1.82) is 0 Å². The van der Waals surface area contributed by atoms with Crippen LogP contribution in [0, 0.1) is 11.6 Å². The average Bonchev–Trinajstić information content (AvgIpc) is 2.91. The number of nitrogens with zero attached hydrogens (tertiary/aromatic N) is 1. The fourth-order valence-corrected chi connectivity index (χ4v) is 3.62. The van der Waals surface area contributed by atoms with Crippen LogP contribution < -0.4 is 10.6 Å². The summed E-state index contributed by atoms with van der Waals surface area (Å²) in [6, 6.07) is 21.4. The maximum atomic E-state index is 14.0. The predicted octanol–water partition coefficient (Wildman–Crippen LogP) is 5.38. The van der Waals surface area contributed by atoms with E-state index in [-0.39, 0.29) is 25.3 Å². The summed E-state index contributed by atoms with van der Waals surface area (Å²) in [6.07, 6.45) is 2.47. The molecule has 0 unspecified atom stereocenters. The van der Waals surface area contributed by atoms with Crippen LogP contribution in [0.1, 0.15) is 27.0 Å². The highest BCUT2D eigenvalue weighted by atomic mass is 19.1. The minimum Gasteiger partial charge on any atom is -0.445 e. The number of rotatable bonds is 8. The van der Waals surface area contributed by atoms with Crippen LogP contribution >= 0.6 is 0 Å². The lowest BCUT2D eigenvalue weighted by Crippen LogP contribution is -2.25. The molecule has 2 amide bonds. The number of carbonyl (C=O) groups excluding carboxylic acids is 2. The first-order valence-corrected chi connectivity index (χ1v) is 11.2. The second kappa shape index (κ2) is 11.7. The van der Waals surface area contributed by atoms with E-state index in [1.165, 1.54) is 12.3 Å². The molecule has 3 aromatic carbocycles. The van der Waals surface area contributed by atoms with E-state index in [2.05, 4.69) is 15.6 Å². The fraction of sp³-hybridized carbons (Fsp3) is 0.107. The first-order chi connectivity index (χ1) is 17.5. The van der Waals surface area contributed by atoms with Crippen molar-refractivity contribution in [3.05, 3.63) is 125 Å². The molecule has 1 heterocycles. The van der Waals surface area contributed by atoms with Crippen LogP contribution in [-0.2, 0) is 24.4 Å². The third kappa shape index (κ3) is 6.29. The van der Waals surface area contributed by atoms with E-state index in [0.29, 0.717) is 16.7 Å². The number of aromatic nitrogens is 1. The maximum absolute atomic E-state index is 14.0. The zero-order valence-electron chi connectivity index (χ0n) is 19.2. The molecule has 2 N–H and O–H groups in total. The summed E-state index contributed by atoms with van der Waals surface area (Å²) < 4.78 is 32.4. The number of hydrogen-bond donors (Lipinski definition) is 2. The van der Waals surface area contributed by atoms with Crippen molar-refractivity contribution in [3.8, 4) is 11.1 Å². The molecule has 0 spiro atoms. The van der Waals surface area contributed by atoms with Crippen molar-refractivity contribution in [3.63, 3.8) is 0 Å². The number of hydrogen-bond acceptors (Lipinski definition) is 4. The van der Waals surface area contributed by atoms with E-state index in [1.54, 1.807) is 12.3 Å². The zero-order chi connectivity index (χ0) is 25.3. The summed E-state index contributed by atoms with van der Waals surface area (Å²) in [5.74, 6) is -1.87. The van der Waals surface area contributed by atoms with E-state index in [0.717, 1.165) is 23.3 Å². The smallest absolute Gasteiger partial charge is 0.407 e. The molecule has 0 aliphatic rings. The van der Waals surface area contributed by atoms with Gasteiger partial charge in [0.05, 0.1) is 5.56 Å². The Balaban J connectivity index is 1.45. The molecule has 182 valence electrons. The van der Waals surface area contributed by atoms with Gasteiger partial charge in [0.15, 0.2) is 0 Å². The number of benzene rings is 3. The SMILES string of the molecule is O=C(NCc1ccccc1-c1cnccc1C(=O)NCc1ccc(F)cc1F)OCc1ccccc1. The van der Waals surface area contributed by atoms with Crippen molar-refractivity contribution in [2.75, 3.05) is 0 Å². The standard InChI is InChI=1S/C28H23F2N3O3/c29-22-11-10-21(26(30)14-22)16-32-27(34)24-12-13-31-17-25(24)23-9-5-4-8-20(23)15-33-28(35)36-18-19-6-2-1-3-7-19/h1-14,17H,15-16,18H2,(H,32,34)(H,33,35). The Morgan fingerprint density at radius 2 is 1.56 bits per heavy atom. The Labute approximate surface area is 207 Å². The van der Waals surface area contributed by atoms with E-state index in [4.69, 9.17) is 4.74 Å². The van der Waals surface area contributed by atoms with E-state index in [9.17, 15) is 18.4 Å². The molecule has 4 aromatic rings. The van der Waals surface area contributed by atoms with Gasteiger partial charge in [-0.25, -0.2) is 13.6 Å². The number of nitrogens with one attached hydrogen (secondary N) is 2. The first-order valence-electron chi connectivity index (χ1n) is 11.2. The minimum atomic E-state index is -0.735. The third-order valence-electron chi connectivity index (χ3n) is 5.46. The molecule has 8 heteroatoms. The van der Waals surface area contributed by atoms with Gasteiger partial charge in [0.2, 0.25) is 0 Å². The van der Waals surface area contributed by atoms with Gasteiger partial charge in [-0.2, -0.15) is 0 Å². The van der Waals surface area contributed by atoms with Crippen molar-refractivity contribution in [2.24, 2.45) is 0 Å². The van der Waals surface area contributed by atoms with Gasteiger partial charge >= 0.3 is 6.09 Å². The molecular weight excluding hydrogens is 464 g/mol. The van der Waals surface area contributed by atoms with Gasteiger partial charge in [0.25, 0.3) is 5.91 Å². The van der Waals surface area contributed by atoms with Crippen molar-refractivity contribution >= 4 is 12.0 Å². The van der Waals surface area contributed by atoms with Gasteiger partial charge in [-0.1, -0.05) is 60.7 Å². The van der Waals surface area contributed by atoms with Gasteiger partial charge < -0.3 is 15.4 Å². The fourth-order valence-electron chi connectivity index (χ4n) is 3.62. The summed E-state index contributed by atoms with van der Waals surface area (Å²) in [4.78, 5) is 29.3. The van der Waals surface area contributed by atoms with Crippen LogP contribution in [0.3, 0.4) is 0 Å². The van der Waals surface area contributed by atoms with Crippen LogP contribution in [0.5, 0.6) is 0 Å². The van der Waals surface area contributed by atoms with Gasteiger partial charge in [-0.15, -0.1) is 0 Å². The molecule has 0 radical (unpaired) electrons. The van der Waals surface area contributed by atoms with Crippen LogP contribution in [0.15, 0.2) is 91.3 Å². The Morgan fingerprint density at radius 1 is 0.806 bits per heavy atom. The molecule has 0 aliphatic heterocycles. The van der Waals surface area contributed by atoms with Crippen LogP contribution in [0.4, 0.5) is 13.6 Å². The first kappa shape index (κ1) is 24.5.